The molecule has 198 valence electrons. The number of rotatable bonds is 21. The van der Waals surface area contributed by atoms with Gasteiger partial charge in [0, 0.05) is 39.0 Å². The molecule has 0 unspecified atom stereocenters. The van der Waals surface area contributed by atoms with Gasteiger partial charge in [0.2, 0.25) is 11.8 Å². The predicted octanol–water partition coefficient (Wildman–Crippen LogP) is 5.36. The molecule has 0 bridgehead atoms. The van der Waals surface area contributed by atoms with Crippen LogP contribution in [0.15, 0.2) is 12.2 Å². The quantitative estimate of drug-likeness (QED) is 0.130. The fraction of sp³-hybridized carbons (Fsp3) is 0.846. The number of allylic oxidation sites excluding steroid dienone is 2. The van der Waals surface area contributed by atoms with E-state index >= 15 is 0 Å². The third kappa shape index (κ3) is 16.3. The van der Waals surface area contributed by atoms with Gasteiger partial charge in [0.15, 0.2) is 0 Å². The lowest BCUT2D eigenvalue weighted by Crippen LogP contribution is -2.41. The summed E-state index contributed by atoms with van der Waals surface area (Å²) < 4.78 is 31.3. The molecule has 1 aliphatic heterocycles. The van der Waals surface area contributed by atoms with Crippen molar-refractivity contribution < 1.29 is 22.6 Å². The predicted molar refractivity (Wildman–Crippen MR) is 138 cm³/mol. The van der Waals surface area contributed by atoms with Gasteiger partial charge in [-0.05, 0) is 38.5 Å². The van der Waals surface area contributed by atoms with Gasteiger partial charge in [-0.25, -0.2) is 0 Å². The second kappa shape index (κ2) is 18.9. The van der Waals surface area contributed by atoms with Gasteiger partial charge in [0.1, 0.15) is 0 Å². The lowest BCUT2D eigenvalue weighted by atomic mass is 10.1. The molecule has 1 fully saturated rings. The Kier molecular flexibility index (Phi) is 17.0. The first-order valence-electron chi connectivity index (χ1n) is 13.5. The molecule has 1 saturated heterocycles. The van der Waals surface area contributed by atoms with Crippen molar-refractivity contribution in [2.24, 2.45) is 0 Å². The summed E-state index contributed by atoms with van der Waals surface area (Å²) in [4.78, 5) is 27.6. The SMILES string of the molecule is CCCCCCCCC=CCCCCCCCC(=O)N(CCN1CCCC1=O)CCS(=O)(=O)O. The fourth-order valence-electron chi connectivity index (χ4n) is 4.27. The van der Waals surface area contributed by atoms with E-state index in [-0.39, 0.29) is 18.4 Å². The van der Waals surface area contributed by atoms with Crippen molar-refractivity contribution in [1.82, 2.24) is 9.80 Å². The summed E-state index contributed by atoms with van der Waals surface area (Å²) in [7, 11) is -4.13. The van der Waals surface area contributed by atoms with Crippen molar-refractivity contribution in [1.29, 1.82) is 0 Å². The molecule has 0 aromatic carbocycles. The molecule has 0 aromatic rings. The van der Waals surface area contributed by atoms with Gasteiger partial charge in [-0.3, -0.25) is 14.1 Å². The zero-order valence-electron chi connectivity index (χ0n) is 21.4. The molecule has 0 aliphatic carbocycles. The van der Waals surface area contributed by atoms with Gasteiger partial charge in [0.05, 0.1) is 5.75 Å². The zero-order chi connectivity index (χ0) is 25.1. The summed E-state index contributed by atoms with van der Waals surface area (Å²) in [6, 6.07) is 0. The fourth-order valence-corrected chi connectivity index (χ4v) is 4.72. The third-order valence-corrected chi connectivity index (χ3v) is 7.13. The average Bonchev–Trinajstić information content (AvgIpc) is 3.20. The van der Waals surface area contributed by atoms with E-state index in [1.54, 1.807) is 4.90 Å². The van der Waals surface area contributed by atoms with Crippen LogP contribution in [0.3, 0.4) is 0 Å². The molecule has 1 aliphatic rings. The van der Waals surface area contributed by atoms with E-state index in [0.29, 0.717) is 32.5 Å². The molecule has 2 amide bonds. The Hall–Kier alpha value is -1.41. The van der Waals surface area contributed by atoms with Crippen LogP contribution < -0.4 is 0 Å². The summed E-state index contributed by atoms with van der Waals surface area (Å²) in [5.74, 6) is -0.494. The minimum Gasteiger partial charge on any atom is -0.341 e. The molecule has 34 heavy (non-hydrogen) atoms. The van der Waals surface area contributed by atoms with Crippen LogP contribution >= 0.6 is 0 Å². The van der Waals surface area contributed by atoms with Crippen molar-refractivity contribution in [3.63, 3.8) is 0 Å². The van der Waals surface area contributed by atoms with E-state index in [4.69, 9.17) is 4.55 Å². The molecule has 8 heteroatoms. The number of likely N-dealkylation sites (tertiary alicyclic amines) is 1. The van der Waals surface area contributed by atoms with E-state index in [1.165, 1.54) is 56.3 Å². The van der Waals surface area contributed by atoms with Crippen molar-refractivity contribution in [2.75, 3.05) is 31.9 Å². The van der Waals surface area contributed by atoms with Crippen LogP contribution in [0.1, 0.15) is 110 Å². The van der Waals surface area contributed by atoms with Gasteiger partial charge in [-0.1, -0.05) is 70.4 Å². The maximum atomic E-state index is 12.6. The first-order chi connectivity index (χ1) is 16.3. The van der Waals surface area contributed by atoms with Crippen molar-refractivity contribution in [3.05, 3.63) is 12.2 Å². The van der Waals surface area contributed by atoms with Crippen molar-refractivity contribution in [2.45, 2.75) is 110 Å². The van der Waals surface area contributed by atoms with Gasteiger partial charge in [-0.15, -0.1) is 0 Å². The number of nitrogens with zero attached hydrogens (tertiary/aromatic N) is 2. The van der Waals surface area contributed by atoms with Gasteiger partial charge < -0.3 is 9.80 Å². The van der Waals surface area contributed by atoms with Crippen LogP contribution in [0, 0.1) is 0 Å². The Balaban J connectivity index is 2.13. The van der Waals surface area contributed by atoms with Crippen molar-refractivity contribution >= 4 is 21.9 Å². The van der Waals surface area contributed by atoms with E-state index in [2.05, 4.69) is 19.1 Å². The molecule has 1 heterocycles. The molecular weight excluding hydrogens is 452 g/mol. The maximum absolute atomic E-state index is 12.6. The van der Waals surface area contributed by atoms with E-state index < -0.39 is 15.9 Å². The van der Waals surface area contributed by atoms with E-state index in [1.807, 2.05) is 0 Å². The molecular formula is C26H48N2O5S. The normalized spacial score (nSPS) is 14.4. The van der Waals surface area contributed by atoms with Gasteiger partial charge in [0.25, 0.3) is 10.1 Å². The second-order valence-electron chi connectivity index (χ2n) is 9.49. The van der Waals surface area contributed by atoms with Crippen LogP contribution in [-0.4, -0.2) is 66.5 Å². The minimum atomic E-state index is -4.13. The first-order valence-corrected chi connectivity index (χ1v) is 15.1. The lowest BCUT2D eigenvalue weighted by molar-refractivity contribution is -0.133. The number of hydrogen-bond donors (Lipinski definition) is 1. The molecule has 0 atom stereocenters. The largest absolute Gasteiger partial charge is 0.341 e. The number of hydrogen-bond acceptors (Lipinski definition) is 4. The Bertz CT molecular complexity index is 693. The summed E-state index contributed by atoms with van der Waals surface area (Å²) in [6.07, 6.45) is 21.8. The smallest absolute Gasteiger partial charge is 0.266 e. The molecule has 1 rings (SSSR count). The number of carbonyl (C=O) groups excluding carboxylic acids is 2. The van der Waals surface area contributed by atoms with Gasteiger partial charge >= 0.3 is 0 Å². The van der Waals surface area contributed by atoms with Crippen molar-refractivity contribution in [3.8, 4) is 0 Å². The summed E-state index contributed by atoms with van der Waals surface area (Å²) in [5, 5.41) is 0. The molecule has 0 spiro atoms. The van der Waals surface area contributed by atoms with Gasteiger partial charge in [-0.2, -0.15) is 8.42 Å². The second-order valence-corrected chi connectivity index (χ2v) is 11.1. The number of amides is 2. The topological polar surface area (TPSA) is 95.0 Å². The highest BCUT2D eigenvalue weighted by molar-refractivity contribution is 7.85. The Morgan fingerprint density at radius 3 is 2.09 bits per heavy atom. The van der Waals surface area contributed by atoms with E-state index in [0.717, 1.165) is 38.5 Å². The Labute approximate surface area is 208 Å². The number of carbonyl (C=O) groups is 2. The van der Waals surface area contributed by atoms with Crippen LogP contribution in [0.4, 0.5) is 0 Å². The molecule has 7 nitrogen and oxygen atoms in total. The van der Waals surface area contributed by atoms with E-state index in [9.17, 15) is 18.0 Å². The first kappa shape index (κ1) is 30.6. The van der Waals surface area contributed by atoms with Crippen LogP contribution in [0.5, 0.6) is 0 Å². The van der Waals surface area contributed by atoms with Crippen LogP contribution in [0.25, 0.3) is 0 Å². The Morgan fingerprint density at radius 1 is 0.941 bits per heavy atom. The summed E-state index contributed by atoms with van der Waals surface area (Å²) in [6.45, 7) is 3.63. The Morgan fingerprint density at radius 2 is 1.53 bits per heavy atom. The van der Waals surface area contributed by atoms with Crippen LogP contribution in [0.2, 0.25) is 0 Å². The molecule has 0 saturated carbocycles. The highest BCUT2D eigenvalue weighted by atomic mass is 32.2. The molecule has 1 N–H and O–H groups in total. The maximum Gasteiger partial charge on any atom is 0.266 e. The number of unbranched alkanes of at least 4 members (excludes halogenated alkanes) is 11. The highest BCUT2D eigenvalue weighted by Crippen LogP contribution is 2.12. The minimum absolute atomic E-state index is 0.0369. The standard InChI is InChI=1S/C26H48N2O5S/c1-2-3-4-5-6-7-8-9-10-11-12-13-14-15-16-18-25(29)28(23-24-34(31,32)33)22-21-27-20-17-19-26(27)30/h9-10H,2-8,11-24H2,1H3,(H,31,32,33). The summed E-state index contributed by atoms with van der Waals surface area (Å²) in [5.41, 5.74) is 0. The molecule has 0 aromatic heterocycles. The summed E-state index contributed by atoms with van der Waals surface area (Å²) >= 11 is 0. The monoisotopic (exact) mass is 500 g/mol. The third-order valence-electron chi connectivity index (χ3n) is 6.44. The average molecular weight is 501 g/mol. The lowest BCUT2D eigenvalue weighted by Gasteiger charge is -2.25. The zero-order valence-corrected chi connectivity index (χ0v) is 22.2. The van der Waals surface area contributed by atoms with Crippen LogP contribution in [-0.2, 0) is 19.7 Å². The molecule has 0 radical (unpaired) electrons. The highest BCUT2D eigenvalue weighted by Gasteiger charge is 2.22.